The topological polar surface area (TPSA) is 68.8 Å². The standard InChI is InChI=1S/C11H17N5O/c1-5-8-9(6-15(4)13-8)16-7-10(12-14-16)11(2,3)17/h6-7,17H,5H2,1-4H3. The Morgan fingerprint density at radius 2 is 2.06 bits per heavy atom. The van der Waals surface area contributed by atoms with Gasteiger partial charge in [0.25, 0.3) is 0 Å². The second-order valence-electron chi connectivity index (χ2n) is 4.60. The van der Waals surface area contributed by atoms with Crippen LogP contribution in [0, 0.1) is 0 Å². The summed E-state index contributed by atoms with van der Waals surface area (Å²) in [5.41, 5.74) is 1.42. The quantitative estimate of drug-likeness (QED) is 0.854. The molecule has 6 heteroatoms. The Kier molecular flexibility index (Phi) is 2.74. The minimum atomic E-state index is -0.979. The second kappa shape index (κ2) is 3.96. The highest BCUT2D eigenvalue weighted by atomic mass is 16.3. The van der Waals surface area contributed by atoms with Crippen molar-refractivity contribution in [2.75, 3.05) is 0 Å². The van der Waals surface area contributed by atoms with E-state index in [9.17, 15) is 5.11 Å². The molecule has 0 aromatic carbocycles. The van der Waals surface area contributed by atoms with Crippen LogP contribution in [0.25, 0.3) is 5.69 Å². The number of aryl methyl sites for hydroxylation is 2. The monoisotopic (exact) mass is 235 g/mol. The summed E-state index contributed by atoms with van der Waals surface area (Å²) in [6.07, 6.45) is 4.45. The molecule has 92 valence electrons. The van der Waals surface area contributed by atoms with Gasteiger partial charge >= 0.3 is 0 Å². The van der Waals surface area contributed by atoms with Crippen LogP contribution in [0.3, 0.4) is 0 Å². The predicted molar refractivity (Wildman–Crippen MR) is 62.7 cm³/mol. The van der Waals surface area contributed by atoms with Crippen LogP contribution in [0.4, 0.5) is 0 Å². The van der Waals surface area contributed by atoms with Gasteiger partial charge in [0.1, 0.15) is 17.0 Å². The van der Waals surface area contributed by atoms with Gasteiger partial charge in [-0.2, -0.15) is 5.10 Å². The van der Waals surface area contributed by atoms with E-state index in [2.05, 4.69) is 15.4 Å². The Morgan fingerprint density at radius 3 is 2.59 bits per heavy atom. The highest BCUT2D eigenvalue weighted by Gasteiger charge is 2.21. The lowest BCUT2D eigenvalue weighted by Gasteiger charge is -2.11. The van der Waals surface area contributed by atoms with Crippen molar-refractivity contribution in [2.45, 2.75) is 32.8 Å². The summed E-state index contributed by atoms with van der Waals surface area (Å²) in [6.45, 7) is 5.41. The SMILES string of the molecule is CCc1nn(C)cc1-n1cc(C(C)(C)O)nn1. The molecule has 0 radical (unpaired) electrons. The highest BCUT2D eigenvalue weighted by molar-refractivity contribution is 5.33. The molecule has 17 heavy (non-hydrogen) atoms. The van der Waals surface area contributed by atoms with Crippen LogP contribution in [-0.4, -0.2) is 29.9 Å². The largest absolute Gasteiger partial charge is 0.384 e. The van der Waals surface area contributed by atoms with Crippen molar-refractivity contribution in [3.63, 3.8) is 0 Å². The van der Waals surface area contributed by atoms with Gasteiger partial charge in [0.05, 0.1) is 18.1 Å². The molecule has 2 aromatic heterocycles. The van der Waals surface area contributed by atoms with Gasteiger partial charge in [0.2, 0.25) is 0 Å². The van der Waals surface area contributed by atoms with Gasteiger partial charge in [-0.15, -0.1) is 5.10 Å². The molecule has 0 unspecified atom stereocenters. The molecule has 0 saturated heterocycles. The first-order chi connectivity index (χ1) is 7.91. The number of rotatable bonds is 3. The van der Waals surface area contributed by atoms with E-state index in [1.165, 1.54) is 0 Å². The Labute approximate surface area is 99.9 Å². The summed E-state index contributed by atoms with van der Waals surface area (Å²) in [4.78, 5) is 0. The fourth-order valence-electron chi connectivity index (χ4n) is 1.63. The number of hydrogen-bond donors (Lipinski definition) is 1. The molecule has 6 nitrogen and oxygen atoms in total. The molecule has 0 amide bonds. The second-order valence-corrected chi connectivity index (χ2v) is 4.60. The van der Waals surface area contributed by atoms with Crippen LogP contribution in [0.1, 0.15) is 32.2 Å². The van der Waals surface area contributed by atoms with Crippen molar-refractivity contribution in [2.24, 2.45) is 7.05 Å². The van der Waals surface area contributed by atoms with Crippen molar-refractivity contribution in [1.82, 2.24) is 24.8 Å². The molecule has 0 aliphatic rings. The molecule has 1 N–H and O–H groups in total. The normalized spacial score (nSPS) is 12.1. The Bertz CT molecular complexity index is 520. The van der Waals surface area contributed by atoms with Crippen molar-refractivity contribution in [3.05, 3.63) is 23.8 Å². The third kappa shape index (κ3) is 2.21. The lowest BCUT2D eigenvalue weighted by molar-refractivity contribution is 0.0737. The maximum absolute atomic E-state index is 9.84. The summed E-state index contributed by atoms with van der Waals surface area (Å²) < 4.78 is 3.40. The van der Waals surface area contributed by atoms with Gasteiger partial charge < -0.3 is 5.11 Å². The van der Waals surface area contributed by atoms with E-state index >= 15 is 0 Å². The van der Waals surface area contributed by atoms with Gasteiger partial charge in [-0.05, 0) is 20.3 Å². The van der Waals surface area contributed by atoms with Crippen LogP contribution < -0.4 is 0 Å². The molecule has 0 saturated carbocycles. The third-order valence-electron chi connectivity index (χ3n) is 2.59. The Balaban J connectivity index is 2.43. The smallest absolute Gasteiger partial charge is 0.114 e. The molecule has 0 aliphatic heterocycles. The van der Waals surface area contributed by atoms with Crippen LogP contribution in [0.2, 0.25) is 0 Å². The van der Waals surface area contributed by atoms with E-state index in [1.54, 1.807) is 29.4 Å². The summed E-state index contributed by atoms with van der Waals surface area (Å²) in [5, 5.41) is 22.2. The van der Waals surface area contributed by atoms with Crippen molar-refractivity contribution < 1.29 is 5.11 Å². The number of aromatic nitrogens is 5. The molecular formula is C11H17N5O. The molecule has 0 atom stereocenters. The fourth-order valence-corrected chi connectivity index (χ4v) is 1.63. The average molecular weight is 235 g/mol. The minimum absolute atomic E-state index is 0.545. The van der Waals surface area contributed by atoms with E-state index in [1.807, 2.05) is 20.2 Å². The minimum Gasteiger partial charge on any atom is -0.384 e. The summed E-state index contributed by atoms with van der Waals surface area (Å²) in [6, 6.07) is 0. The van der Waals surface area contributed by atoms with Crippen LogP contribution in [0.5, 0.6) is 0 Å². The van der Waals surface area contributed by atoms with E-state index in [-0.39, 0.29) is 0 Å². The van der Waals surface area contributed by atoms with Gasteiger partial charge in [-0.3, -0.25) is 4.68 Å². The lowest BCUT2D eigenvalue weighted by atomic mass is 10.1. The first-order valence-corrected chi connectivity index (χ1v) is 5.60. The van der Waals surface area contributed by atoms with E-state index < -0.39 is 5.60 Å². The van der Waals surface area contributed by atoms with Gasteiger partial charge in [0, 0.05) is 7.05 Å². The molecule has 2 heterocycles. The van der Waals surface area contributed by atoms with E-state index in [0.717, 1.165) is 17.8 Å². The Hall–Kier alpha value is -1.69. The van der Waals surface area contributed by atoms with Crippen LogP contribution >= 0.6 is 0 Å². The molecule has 0 fully saturated rings. The highest BCUT2D eigenvalue weighted by Crippen LogP contribution is 2.19. The van der Waals surface area contributed by atoms with Gasteiger partial charge in [-0.1, -0.05) is 12.1 Å². The number of aliphatic hydroxyl groups is 1. The zero-order chi connectivity index (χ0) is 12.6. The average Bonchev–Trinajstić information content (AvgIpc) is 2.81. The molecule has 0 spiro atoms. The van der Waals surface area contributed by atoms with E-state index in [0.29, 0.717) is 5.69 Å². The first-order valence-electron chi connectivity index (χ1n) is 5.60. The maximum Gasteiger partial charge on any atom is 0.114 e. The van der Waals surface area contributed by atoms with Gasteiger partial charge in [-0.25, -0.2) is 4.68 Å². The number of hydrogen-bond acceptors (Lipinski definition) is 4. The van der Waals surface area contributed by atoms with Gasteiger partial charge in [0.15, 0.2) is 0 Å². The molecular weight excluding hydrogens is 218 g/mol. The van der Waals surface area contributed by atoms with Crippen LogP contribution in [-0.2, 0) is 19.1 Å². The summed E-state index contributed by atoms with van der Waals surface area (Å²) in [5.74, 6) is 0. The summed E-state index contributed by atoms with van der Waals surface area (Å²) in [7, 11) is 1.87. The fraction of sp³-hybridized carbons (Fsp3) is 0.545. The lowest BCUT2D eigenvalue weighted by Crippen LogP contribution is -2.15. The zero-order valence-electron chi connectivity index (χ0n) is 10.5. The summed E-state index contributed by atoms with van der Waals surface area (Å²) >= 11 is 0. The maximum atomic E-state index is 9.84. The first kappa shape index (κ1) is 11.8. The van der Waals surface area contributed by atoms with Crippen molar-refractivity contribution in [1.29, 1.82) is 0 Å². The zero-order valence-corrected chi connectivity index (χ0v) is 10.5. The molecule has 0 aliphatic carbocycles. The molecule has 2 aromatic rings. The number of nitrogens with zero attached hydrogens (tertiary/aromatic N) is 5. The predicted octanol–water partition coefficient (Wildman–Crippen LogP) is 0.791. The van der Waals surface area contributed by atoms with Crippen molar-refractivity contribution >= 4 is 0 Å². The third-order valence-corrected chi connectivity index (χ3v) is 2.59. The van der Waals surface area contributed by atoms with Crippen molar-refractivity contribution in [3.8, 4) is 5.69 Å². The molecule has 0 bridgehead atoms. The van der Waals surface area contributed by atoms with Crippen LogP contribution in [0.15, 0.2) is 12.4 Å². The van der Waals surface area contributed by atoms with E-state index in [4.69, 9.17) is 0 Å². The Morgan fingerprint density at radius 1 is 1.35 bits per heavy atom. The molecule has 2 rings (SSSR count).